The maximum Gasteiger partial charge on any atom is 0.325 e. The normalized spacial score (nSPS) is 41.0. The van der Waals surface area contributed by atoms with Crippen molar-refractivity contribution in [3.63, 3.8) is 0 Å². The number of fused-ring (bicyclic) bond motifs is 5. The number of thioether (sulfide) groups is 1. The highest BCUT2D eigenvalue weighted by atomic mass is 35.5. The average Bonchev–Trinajstić information content (AvgIpc) is 3.06. The topological polar surface area (TPSA) is 26.3 Å². The van der Waals surface area contributed by atoms with Crippen molar-refractivity contribution in [2.45, 2.75) is 28.6 Å². The zero-order valence-electron chi connectivity index (χ0n) is 11.1. The highest BCUT2D eigenvalue weighted by molar-refractivity contribution is 8.00. The molecule has 4 heteroatoms. The van der Waals surface area contributed by atoms with Gasteiger partial charge >= 0.3 is 5.97 Å². The number of alkyl halides is 1. The minimum atomic E-state index is -0.507. The van der Waals surface area contributed by atoms with E-state index in [1.165, 1.54) is 5.56 Å². The van der Waals surface area contributed by atoms with Gasteiger partial charge in [0.1, 0.15) is 5.38 Å². The molecule has 104 valence electrons. The molecular weight excluding hydrogens is 292 g/mol. The van der Waals surface area contributed by atoms with Crippen LogP contribution >= 0.6 is 23.4 Å². The monoisotopic (exact) mass is 306 g/mol. The molecule has 0 unspecified atom stereocenters. The Hall–Kier alpha value is -0.930. The summed E-state index contributed by atoms with van der Waals surface area (Å²) in [5.41, 5.74) is 1.23. The van der Waals surface area contributed by atoms with Gasteiger partial charge in [-0.25, -0.2) is 0 Å². The number of esters is 1. The standard InChI is InChI=1S/C16H15ClO2S/c1-9-2-6-12(7-3-9)20-16-11-5-4-10(8-11)13(16)14(17)15(18)19-16/h2-7,10-11,13-14H,8H2,1H3/t10-,11+,13-,14+,16+/m1/s1. The van der Waals surface area contributed by atoms with Crippen LogP contribution in [-0.4, -0.2) is 16.3 Å². The fraction of sp³-hybridized carbons (Fsp3) is 0.438. The minimum absolute atomic E-state index is 0.0953. The molecule has 1 aromatic rings. The Morgan fingerprint density at radius 1 is 1.30 bits per heavy atom. The molecule has 0 amide bonds. The lowest BCUT2D eigenvalue weighted by Gasteiger charge is -2.34. The van der Waals surface area contributed by atoms with E-state index in [4.69, 9.17) is 16.3 Å². The largest absolute Gasteiger partial charge is 0.445 e. The van der Waals surface area contributed by atoms with Crippen molar-refractivity contribution >= 4 is 29.3 Å². The smallest absolute Gasteiger partial charge is 0.325 e. The molecule has 2 nitrogen and oxygen atoms in total. The van der Waals surface area contributed by atoms with Gasteiger partial charge in [0.25, 0.3) is 0 Å². The van der Waals surface area contributed by atoms with Crippen LogP contribution in [-0.2, 0) is 9.53 Å². The fourth-order valence-corrected chi connectivity index (χ4v) is 5.75. The van der Waals surface area contributed by atoms with Gasteiger partial charge in [-0.3, -0.25) is 4.79 Å². The first kappa shape index (κ1) is 12.8. The molecule has 0 radical (unpaired) electrons. The van der Waals surface area contributed by atoms with Gasteiger partial charge in [0.2, 0.25) is 0 Å². The van der Waals surface area contributed by atoms with Crippen molar-refractivity contribution in [2.24, 2.45) is 17.8 Å². The van der Waals surface area contributed by atoms with Crippen LogP contribution in [0.25, 0.3) is 0 Å². The predicted molar refractivity (Wildman–Crippen MR) is 79.7 cm³/mol. The lowest BCUT2D eigenvalue weighted by molar-refractivity contribution is -0.144. The van der Waals surface area contributed by atoms with Gasteiger partial charge in [-0.05, 0) is 31.4 Å². The zero-order valence-corrected chi connectivity index (χ0v) is 12.7. The molecule has 2 aliphatic carbocycles. The Morgan fingerprint density at radius 2 is 2.05 bits per heavy atom. The first-order chi connectivity index (χ1) is 9.60. The Morgan fingerprint density at radius 3 is 2.80 bits per heavy atom. The van der Waals surface area contributed by atoms with Crippen LogP contribution in [0.2, 0.25) is 0 Å². The molecule has 5 atom stereocenters. The van der Waals surface area contributed by atoms with E-state index in [9.17, 15) is 4.79 Å². The van der Waals surface area contributed by atoms with Crippen LogP contribution in [0.15, 0.2) is 41.3 Å². The van der Waals surface area contributed by atoms with Crippen molar-refractivity contribution in [1.82, 2.24) is 0 Å². The summed E-state index contributed by atoms with van der Waals surface area (Å²) in [6, 6.07) is 8.37. The van der Waals surface area contributed by atoms with Crippen molar-refractivity contribution in [3.8, 4) is 0 Å². The number of benzene rings is 1. The molecule has 1 heterocycles. The summed E-state index contributed by atoms with van der Waals surface area (Å²) in [4.78, 5) is 12.6. The van der Waals surface area contributed by atoms with Crippen LogP contribution in [0, 0.1) is 24.7 Å². The van der Waals surface area contributed by atoms with Crippen molar-refractivity contribution in [1.29, 1.82) is 0 Å². The minimum Gasteiger partial charge on any atom is -0.445 e. The van der Waals surface area contributed by atoms with E-state index in [1.54, 1.807) is 11.8 Å². The second kappa shape index (κ2) is 4.28. The van der Waals surface area contributed by atoms with Gasteiger partial charge in [-0.1, -0.05) is 41.6 Å². The maximum atomic E-state index is 12.0. The highest BCUT2D eigenvalue weighted by Crippen LogP contribution is 2.64. The number of aryl methyl sites for hydroxylation is 1. The van der Waals surface area contributed by atoms with E-state index in [0.29, 0.717) is 5.92 Å². The molecule has 2 fully saturated rings. The van der Waals surface area contributed by atoms with Crippen molar-refractivity contribution in [3.05, 3.63) is 42.0 Å². The third kappa shape index (κ3) is 1.63. The molecule has 3 aliphatic rings. The first-order valence-corrected chi connectivity index (χ1v) is 8.16. The van der Waals surface area contributed by atoms with Gasteiger partial charge in [-0.2, -0.15) is 0 Å². The van der Waals surface area contributed by atoms with Crippen molar-refractivity contribution < 1.29 is 9.53 Å². The average molecular weight is 307 g/mol. The number of hydrogen-bond acceptors (Lipinski definition) is 3. The first-order valence-electron chi connectivity index (χ1n) is 6.91. The summed E-state index contributed by atoms with van der Waals surface area (Å²) in [5.74, 6) is 0.510. The molecule has 1 aliphatic heterocycles. The Labute approximate surface area is 127 Å². The Kier molecular flexibility index (Phi) is 2.74. The number of allylic oxidation sites excluding steroid dienone is 1. The van der Waals surface area contributed by atoms with Crippen molar-refractivity contribution in [2.75, 3.05) is 0 Å². The molecule has 0 aromatic heterocycles. The van der Waals surface area contributed by atoms with Crippen LogP contribution in [0.3, 0.4) is 0 Å². The van der Waals surface area contributed by atoms with Gasteiger partial charge in [0.15, 0.2) is 4.93 Å². The second-order valence-electron chi connectivity index (χ2n) is 5.88. The summed E-state index contributed by atoms with van der Waals surface area (Å²) in [7, 11) is 0. The van der Waals surface area contributed by atoms with Crippen LogP contribution < -0.4 is 0 Å². The van der Waals surface area contributed by atoms with E-state index in [-0.39, 0.29) is 17.8 Å². The summed E-state index contributed by atoms with van der Waals surface area (Å²) in [5, 5.41) is -0.507. The van der Waals surface area contributed by atoms with Gasteiger partial charge < -0.3 is 4.74 Å². The predicted octanol–water partition coefficient (Wildman–Crippen LogP) is 3.77. The SMILES string of the molecule is Cc1ccc(S[C@]23OC(=O)[C@@H](Cl)[C@H]2[C@@H]2C=C[C@H]3C2)cc1. The molecule has 1 saturated carbocycles. The summed E-state index contributed by atoms with van der Waals surface area (Å²) in [6.45, 7) is 2.07. The molecule has 0 spiro atoms. The molecule has 2 bridgehead atoms. The van der Waals surface area contributed by atoms with Crippen LogP contribution in [0.1, 0.15) is 12.0 Å². The third-order valence-electron chi connectivity index (χ3n) is 4.66. The molecular formula is C16H15ClO2S. The Balaban J connectivity index is 1.72. The quantitative estimate of drug-likeness (QED) is 0.473. The lowest BCUT2D eigenvalue weighted by Crippen LogP contribution is -2.37. The number of ether oxygens (including phenoxy) is 1. The maximum absolute atomic E-state index is 12.0. The van der Waals surface area contributed by atoms with E-state index in [1.807, 2.05) is 0 Å². The number of rotatable bonds is 2. The van der Waals surface area contributed by atoms with Gasteiger partial charge in [-0.15, -0.1) is 11.6 Å². The number of hydrogen-bond donors (Lipinski definition) is 0. The molecule has 4 rings (SSSR count). The van der Waals surface area contributed by atoms with Crippen LogP contribution in [0.4, 0.5) is 0 Å². The highest BCUT2D eigenvalue weighted by Gasteiger charge is 2.67. The summed E-state index contributed by atoms with van der Waals surface area (Å²) >= 11 is 7.99. The number of carbonyl (C=O) groups excluding carboxylic acids is 1. The molecule has 1 saturated heterocycles. The van der Waals surface area contributed by atoms with E-state index >= 15 is 0 Å². The van der Waals surface area contributed by atoms with Crippen LogP contribution in [0.5, 0.6) is 0 Å². The summed E-state index contributed by atoms with van der Waals surface area (Å²) < 4.78 is 5.79. The second-order valence-corrected chi connectivity index (χ2v) is 7.66. The number of carbonyl (C=O) groups is 1. The zero-order chi connectivity index (χ0) is 13.9. The van der Waals surface area contributed by atoms with E-state index < -0.39 is 10.3 Å². The fourth-order valence-electron chi connectivity index (χ4n) is 3.72. The van der Waals surface area contributed by atoms with E-state index in [2.05, 4.69) is 43.3 Å². The molecule has 0 N–H and O–H groups in total. The molecule has 1 aromatic carbocycles. The van der Waals surface area contributed by atoms with Gasteiger partial charge in [0.05, 0.1) is 0 Å². The third-order valence-corrected chi connectivity index (χ3v) is 6.59. The Bertz CT molecular complexity index is 595. The van der Waals surface area contributed by atoms with Gasteiger partial charge in [0, 0.05) is 16.7 Å². The van der Waals surface area contributed by atoms with E-state index in [0.717, 1.165) is 11.3 Å². The number of halogens is 1. The lowest BCUT2D eigenvalue weighted by atomic mass is 9.89. The summed E-state index contributed by atoms with van der Waals surface area (Å²) in [6.07, 6.45) is 5.46. The molecule has 20 heavy (non-hydrogen) atoms.